The summed E-state index contributed by atoms with van der Waals surface area (Å²) in [5, 5.41) is 12.1. The molecule has 0 saturated carbocycles. The highest BCUT2D eigenvalue weighted by Gasteiger charge is 2.16. The number of nitrogens with one attached hydrogen (secondary N) is 1. The molecule has 0 aliphatic heterocycles. The van der Waals surface area contributed by atoms with E-state index in [1.54, 1.807) is 19.1 Å². The lowest BCUT2D eigenvalue weighted by molar-refractivity contribution is 0.430. The molecule has 7 heteroatoms. The molecular formula is C12H11N3O3S. The van der Waals surface area contributed by atoms with Crippen LogP contribution in [0.2, 0.25) is 0 Å². The number of hydrogen-bond acceptors (Lipinski definition) is 5. The average molecular weight is 277 g/mol. The van der Waals surface area contributed by atoms with Crippen LogP contribution < -0.4 is 4.72 Å². The van der Waals surface area contributed by atoms with Crippen LogP contribution in [0.5, 0.6) is 0 Å². The predicted molar refractivity (Wildman–Crippen MR) is 67.8 cm³/mol. The maximum absolute atomic E-state index is 12.0. The maximum Gasteiger partial charge on any atom is 0.264 e. The van der Waals surface area contributed by atoms with Crippen LogP contribution >= 0.6 is 0 Å². The van der Waals surface area contributed by atoms with Crippen LogP contribution in [0, 0.1) is 18.3 Å². The summed E-state index contributed by atoms with van der Waals surface area (Å²) in [6.45, 7) is 1.69. The Balaban J connectivity index is 2.22. The van der Waals surface area contributed by atoms with Crippen molar-refractivity contribution < 1.29 is 12.9 Å². The highest BCUT2D eigenvalue weighted by Crippen LogP contribution is 2.17. The largest absolute Gasteiger partial charge is 0.338 e. The van der Waals surface area contributed by atoms with E-state index in [1.807, 2.05) is 6.07 Å². The van der Waals surface area contributed by atoms with E-state index in [2.05, 4.69) is 9.88 Å². The van der Waals surface area contributed by atoms with Crippen LogP contribution in [0.3, 0.4) is 0 Å². The zero-order valence-corrected chi connectivity index (χ0v) is 10.9. The summed E-state index contributed by atoms with van der Waals surface area (Å²) in [6.07, 6.45) is 0.245. The van der Waals surface area contributed by atoms with Crippen LogP contribution in [0.15, 0.2) is 39.8 Å². The molecule has 0 aliphatic rings. The van der Waals surface area contributed by atoms with E-state index in [0.29, 0.717) is 5.69 Å². The average Bonchev–Trinajstić information content (AvgIpc) is 2.75. The summed E-state index contributed by atoms with van der Waals surface area (Å²) >= 11 is 0. The number of nitrogens with zero attached hydrogens (tertiary/aromatic N) is 2. The third-order valence-corrected chi connectivity index (χ3v) is 3.74. The lowest BCUT2D eigenvalue weighted by atomic mass is 10.2. The number of sulfonamides is 1. The number of anilines is 1. The first-order valence-corrected chi connectivity index (χ1v) is 6.91. The fraction of sp³-hybridized carbons (Fsp3) is 0.167. The number of benzene rings is 1. The Kier molecular flexibility index (Phi) is 3.53. The van der Waals surface area contributed by atoms with Gasteiger partial charge in [-0.05, 0) is 24.6 Å². The van der Waals surface area contributed by atoms with Crippen molar-refractivity contribution in [1.82, 2.24) is 5.16 Å². The molecule has 0 atom stereocenters. The lowest BCUT2D eigenvalue weighted by Gasteiger charge is -2.04. The Bertz CT molecular complexity index is 711. The molecular weight excluding hydrogens is 266 g/mol. The van der Waals surface area contributed by atoms with Gasteiger partial charge in [0, 0.05) is 6.07 Å². The summed E-state index contributed by atoms with van der Waals surface area (Å²) in [5.41, 5.74) is 1.35. The van der Waals surface area contributed by atoms with Crippen molar-refractivity contribution in [2.24, 2.45) is 0 Å². The highest BCUT2D eigenvalue weighted by molar-refractivity contribution is 7.92. The van der Waals surface area contributed by atoms with Gasteiger partial charge in [0.1, 0.15) is 0 Å². The molecule has 19 heavy (non-hydrogen) atoms. The first-order chi connectivity index (χ1) is 9.01. The molecule has 1 heterocycles. The van der Waals surface area contributed by atoms with Crippen molar-refractivity contribution in [2.45, 2.75) is 18.2 Å². The maximum atomic E-state index is 12.0. The van der Waals surface area contributed by atoms with E-state index in [0.717, 1.165) is 5.56 Å². The van der Waals surface area contributed by atoms with E-state index >= 15 is 0 Å². The number of nitriles is 1. The summed E-state index contributed by atoms with van der Waals surface area (Å²) in [7, 11) is -3.70. The molecule has 6 nitrogen and oxygen atoms in total. The topological polar surface area (TPSA) is 96.0 Å². The Labute approximate surface area is 110 Å². The quantitative estimate of drug-likeness (QED) is 0.920. The first-order valence-electron chi connectivity index (χ1n) is 5.43. The zero-order chi connectivity index (χ0) is 13.9. The number of aryl methyl sites for hydroxylation is 1. The standard InChI is InChI=1S/C12H11N3O3S/c1-9-8-12(18-14-9)15-19(16,17)11-4-2-10(3-5-11)6-7-13/h2-5,8,15H,6H2,1H3. The van der Waals surface area contributed by atoms with Gasteiger partial charge in [0.2, 0.25) is 5.88 Å². The zero-order valence-electron chi connectivity index (χ0n) is 10.1. The fourth-order valence-electron chi connectivity index (χ4n) is 1.48. The number of rotatable bonds is 4. The summed E-state index contributed by atoms with van der Waals surface area (Å²) in [4.78, 5) is 0.100. The fourth-order valence-corrected chi connectivity index (χ4v) is 2.45. The molecule has 0 unspecified atom stereocenters. The SMILES string of the molecule is Cc1cc(NS(=O)(=O)c2ccc(CC#N)cc2)on1. The summed E-state index contributed by atoms with van der Waals surface area (Å²) < 4.78 is 31.1. The minimum atomic E-state index is -3.70. The third-order valence-electron chi connectivity index (χ3n) is 2.38. The Morgan fingerprint density at radius 2 is 2.05 bits per heavy atom. The monoisotopic (exact) mass is 277 g/mol. The van der Waals surface area contributed by atoms with Crippen molar-refractivity contribution in [3.63, 3.8) is 0 Å². The van der Waals surface area contributed by atoms with E-state index in [1.165, 1.54) is 18.2 Å². The summed E-state index contributed by atoms with van der Waals surface area (Å²) in [5.74, 6) is 0.0681. The molecule has 1 N–H and O–H groups in total. The molecule has 0 saturated heterocycles. The molecule has 2 rings (SSSR count). The van der Waals surface area contributed by atoms with Gasteiger partial charge in [0.15, 0.2) is 0 Å². The normalized spacial score (nSPS) is 10.9. The van der Waals surface area contributed by atoms with Crippen molar-refractivity contribution in [3.8, 4) is 6.07 Å². The molecule has 0 fully saturated rings. The predicted octanol–water partition coefficient (Wildman–Crippen LogP) is 1.85. The van der Waals surface area contributed by atoms with Crippen LogP contribution in [0.25, 0.3) is 0 Å². The van der Waals surface area contributed by atoms with E-state index in [9.17, 15) is 8.42 Å². The van der Waals surface area contributed by atoms with Gasteiger partial charge in [-0.1, -0.05) is 17.3 Å². The van der Waals surface area contributed by atoms with Crippen molar-refractivity contribution in [2.75, 3.05) is 4.72 Å². The molecule has 0 bridgehead atoms. The molecule has 0 radical (unpaired) electrons. The third kappa shape index (κ3) is 3.11. The Morgan fingerprint density at radius 1 is 1.37 bits per heavy atom. The summed E-state index contributed by atoms with van der Waals surface area (Å²) in [6, 6.07) is 9.57. The Hall–Kier alpha value is -2.33. The molecule has 1 aromatic carbocycles. The van der Waals surface area contributed by atoms with Gasteiger partial charge in [0.25, 0.3) is 10.0 Å². The Morgan fingerprint density at radius 3 is 2.58 bits per heavy atom. The molecule has 1 aromatic heterocycles. The van der Waals surface area contributed by atoms with Gasteiger partial charge in [-0.15, -0.1) is 0 Å². The van der Waals surface area contributed by atoms with E-state index < -0.39 is 10.0 Å². The van der Waals surface area contributed by atoms with Gasteiger partial charge >= 0.3 is 0 Å². The van der Waals surface area contributed by atoms with Crippen molar-refractivity contribution >= 4 is 15.9 Å². The van der Waals surface area contributed by atoms with Gasteiger partial charge < -0.3 is 4.52 Å². The second-order valence-electron chi connectivity index (χ2n) is 3.92. The van der Waals surface area contributed by atoms with Gasteiger partial charge in [0.05, 0.1) is 23.1 Å². The molecule has 0 amide bonds. The van der Waals surface area contributed by atoms with Gasteiger partial charge in [-0.3, -0.25) is 0 Å². The minimum Gasteiger partial charge on any atom is -0.338 e. The van der Waals surface area contributed by atoms with Crippen molar-refractivity contribution in [1.29, 1.82) is 5.26 Å². The number of hydrogen-bond donors (Lipinski definition) is 1. The van der Waals surface area contributed by atoms with Crippen LogP contribution in [-0.2, 0) is 16.4 Å². The van der Waals surface area contributed by atoms with Crippen LogP contribution in [0.4, 0.5) is 5.88 Å². The first kappa shape index (κ1) is 13.1. The van der Waals surface area contributed by atoms with Crippen LogP contribution in [-0.4, -0.2) is 13.6 Å². The highest BCUT2D eigenvalue weighted by atomic mass is 32.2. The molecule has 2 aromatic rings. The lowest BCUT2D eigenvalue weighted by Crippen LogP contribution is -2.12. The second-order valence-corrected chi connectivity index (χ2v) is 5.60. The van der Waals surface area contributed by atoms with E-state index in [4.69, 9.17) is 9.78 Å². The number of aromatic nitrogens is 1. The second kappa shape index (κ2) is 5.12. The van der Waals surface area contributed by atoms with Crippen molar-refractivity contribution in [3.05, 3.63) is 41.6 Å². The molecule has 0 spiro atoms. The molecule has 0 aliphatic carbocycles. The molecule has 98 valence electrons. The minimum absolute atomic E-state index is 0.0681. The smallest absolute Gasteiger partial charge is 0.264 e. The van der Waals surface area contributed by atoms with E-state index in [-0.39, 0.29) is 17.2 Å². The van der Waals surface area contributed by atoms with Gasteiger partial charge in [-0.2, -0.15) is 5.26 Å². The van der Waals surface area contributed by atoms with Crippen LogP contribution in [0.1, 0.15) is 11.3 Å². The van der Waals surface area contributed by atoms with Gasteiger partial charge in [-0.25, -0.2) is 13.1 Å².